The van der Waals surface area contributed by atoms with Crippen LogP contribution >= 0.6 is 11.6 Å². The van der Waals surface area contributed by atoms with Crippen LogP contribution in [0.5, 0.6) is 5.75 Å². The molecular weight excluding hydrogens is 236 g/mol. The second kappa shape index (κ2) is 5.58. The van der Waals surface area contributed by atoms with Crippen LogP contribution in [0.15, 0.2) is 18.3 Å². The number of anilines is 1. The molecule has 0 aliphatic heterocycles. The molecule has 0 amide bonds. The molecule has 1 saturated carbocycles. The number of nitrogens with one attached hydrogen (secondary N) is 1. The van der Waals surface area contributed by atoms with Crippen molar-refractivity contribution in [2.75, 3.05) is 24.3 Å². The smallest absolute Gasteiger partial charge is 0.168 e. The number of alkyl halides is 1. The third-order valence-electron chi connectivity index (χ3n) is 3.10. The van der Waals surface area contributed by atoms with E-state index in [1.54, 1.807) is 6.20 Å². The van der Waals surface area contributed by atoms with E-state index in [1.807, 2.05) is 12.1 Å². The van der Waals surface area contributed by atoms with Gasteiger partial charge in [0.2, 0.25) is 0 Å². The maximum atomic E-state index is 5.95. The van der Waals surface area contributed by atoms with Gasteiger partial charge in [0.1, 0.15) is 0 Å². The van der Waals surface area contributed by atoms with Crippen LogP contribution in [0.4, 0.5) is 5.82 Å². The normalized spacial score (nSPS) is 16.6. The quantitative estimate of drug-likeness (QED) is 0.758. The second-order valence-electron chi connectivity index (χ2n) is 4.69. The molecule has 1 aromatic heterocycles. The second-order valence-corrected chi connectivity index (χ2v) is 4.95. The SMILES string of the molecule is CCCOc1cccnc1NCC1(CCl)CC1. The Morgan fingerprint density at radius 1 is 1.53 bits per heavy atom. The molecule has 1 heterocycles. The van der Waals surface area contributed by atoms with Gasteiger partial charge in [-0.15, -0.1) is 11.6 Å². The molecule has 1 aliphatic rings. The lowest BCUT2D eigenvalue weighted by Gasteiger charge is -2.15. The molecule has 0 atom stereocenters. The molecule has 0 bridgehead atoms. The lowest BCUT2D eigenvalue weighted by molar-refractivity contribution is 0.317. The molecule has 0 radical (unpaired) electrons. The van der Waals surface area contributed by atoms with Gasteiger partial charge in [-0.25, -0.2) is 4.98 Å². The number of ether oxygens (including phenoxy) is 1. The molecule has 94 valence electrons. The Bertz CT molecular complexity index is 366. The van der Waals surface area contributed by atoms with Gasteiger partial charge in [-0.1, -0.05) is 6.92 Å². The number of pyridine rings is 1. The highest BCUT2D eigenvalue weighted by molar-refractivity contribution is 6.18. The van der Waals surface area contributed by atoms with E-state index in [-0.39, 0.29) is 0 Å². The summed E-state index contributed by atoms with van der Waals surface area (Å²) in [6.45, 7) is 3.70. The van der Waals surface area contributed by atoms with Crippen LogP contribution in [-0.2, 0) is 0 Å². The zero-order chi connectivity index (χ0) is 12.1. The molecule has 1 N–H and O–H groups in total. The Labute approximate surface area is 108 Å². The molecule has 0 aromatic carbocycles. The van der Waals surface area contributed by atoms with E-state index in [9.17, 15) is 0 Å². The summed E-state index contributed by atoms with van der Waals surface area (Å²) in [4.78, 5) is 4.32. The fraction of sp³-hybridized carbons (Fsp3) is 0.615. The summed E-state index contributed by atoms with van der Waals surface area (Å²) in [7, 11) is 0. The van der Waals surface area contributed by atoms with Crippen molar-refractivity contribution in [2.45, 2.75) is 26.2 Å². The van der Waals surface area contributed by atoms with Gasteiger partial charge >= 0.3 is 0 Å². The number of halogens is 1. The van der Waals surface area contributed by atoms with Crippen molar-refractivity contribution in [3.63, 3.8) is 0 Å². The van der Waals surface area contributed by atoms with E-state index >= 15 is 0 Å². The first kappa shape index (κ1) is 12.5. The van der Waals surface area contributed by atoms with Crippen LogP contribution in [0.1, 0.15) is 26.2 Å². The number of hydrogen-bond acceptors (Lipinski definition) is 3. The van der Waals surface area contributed by atoms with Gasteiger partial charge in [-0.05, 0) is 31.4 Å². The van der Waals surface area contributed by atoms with Crippen LogP contribution in [0.3, 0.4) is 0 Å². The van der Waals surface area contributed by atoms with E-state index in [2.05, 4.69) is 17.2 Å². The molecule has 3 nitrogen and oxygen atoms in total. The van der Waals surface area contributed by atoms with E-state index in [4.69, 9.17) is 16.3 Å². The minimum atomic E-state index is 0.293. The van der Waals surface area contributed by atoms with Gasteiger partial charge in [0.15, 0.2) is 11.6 Å². The monoisotopic (exact) mass is 254 g/mol. The van der Waals surface area contributed by atoms with Gasteiger partial charge in [-0.2, -0.15) is 0 Å². The lowest BCUT2D eigenvalue weighted by Crippen LogP contribution is -2.18. The molecule has 1 aliphatic carbocycles. The van der Waals surface area contributed by atoms with Gasteiger partial charge in [0, 0.05) is 24.0 Å². The molecule has 17 heavy (non-hydrogen) atoms. The largest absolute Gasteiger partial charge is 0.490 e. The van der Waals surface area contributed by atoms with Crippen LogP contribution in [0.25, 0.3) is 0 Å². The van der Waals surface area contributed by atoms with E-state index in [0.717, 1.165) is 37.0 Å². The Kier molecular flexibility index (Phi) is 4.11. The van der Waals surface area contributed by atoms with E-state index in [1.165, 1.54) is 12.8 Å². The predicted octanol–water partition coefficient (Wildman–Crippen LogP) is 3.30. The minimum Gasteiger partial charge on any atom is -0.490 e. The number of hydrogen-bond donors (Lipinski definition) is 1. The molecule has 0 spiro atoms. The highest BCUT2D eigenvalue weighted by Gasteiger charge is 2.41. The van der Waals surface area contributed by atoms with Gasteiger partial charge in [0.05, 0.1) is 6.61 Å². The van der Waals surface area contributed by atoms with Crippen molar-refractivity contribution in [3.8, 4) is 5.75 Å². The van der Waals surface area contributed by atoms with Crippen molar-refractivity contribution in [1.82, 2.24) is 4.98 Å². The first-order chi connectivity index (χ1) is 8.29. The molecule has 4 heteroatoms. The van der Waals surface area contributed by atoms with E-state index < -0.39 is 0 Å². The maximum Gasteiger partial charge on any atom is 0.168 e. The zero-order valence-electron chi connectivity index (χ0n) is 10.2. The molecular formula is C13H19ClN2O. The summed E-state index contributed by atoms with van der Waals surface area (Å²) in [5.74, 6) is 2.38. The standard InChI is InChI=1S/C13H19ClN2O/c1-2-8-17-11-4-3-7-15-12(11)16-10-13(9-14)5-6-13/h3-4,7H,2,5-6,8-10H2,1H3,(H,15,16). The number of nitrogens with zero attached hydrogens (tertiary/aromatic N) is 1. The fourth-order valence-corrected chi connectivity index (χ4v) is 2.02. The Balaban J connectivity index is 1.94. The van der Waals surface area contributed by atoms with Crippen molar-refractivity contribution in [2.24, 2.45) is 5.41 Å². The van der Waals surface area contributed by atoms with Crippen molar-refractivity contribution >= 4 is 17.4 Å². The van der Waals surface area contributed by atoms with Gasteiger partial charge in [0.25, 0.3) is 0 Å². The van der Waals surface area contributed by atoms with Crippen molar-refractivity contribution < 1.29 is 4.74 Å². The van der Waals surface area contributed by atoms with Gasteiger partial charge < -0.3 is 10.1 Å². The zero-order valence-corrected chi connectivity index (χ0v) is 11.0. The van der Waals surface area contributed by atoms with Crippen molar-refractivity contribution in [3.05, 3.63) is 18.3 Å². The maximum absolute atomic E-state index is 5.95. The summed E-state index contributed by atoms with van der Waals surface area (Å²) >= 11 is 5.95. The predicted molar refractivity (Wildman–Crippen MR) is 70.9 cm³/mol. The average molecular weight is 255 g/mol. The summed E-state index contributed by atoms with van der Waals surface area (Å²) in [5, 5.41) is 3.36. The van der Waals surface area contributed by atoms with Crippen LogP contribution in [0.2, 0.25) is 0 Å². The van der Waals surface area contributed by atoms with Crippen LogP contribution in [-0.4, -0.2) is 24.0 Å². The summed E-state index contributed by atoms with van der Waals surface area (Å²) in [6.07, 6.45) is 5.20. The summed E-state index contributed by atoms with van der Waals surface area (Å²) < 4.78 is 5.65. The van der Waals surface area contributed by atoms with Crippen LogP contribution < -0.4 is 10.1 Å². The van der Waals surface area contributed by atoms with Crippen molar-refractivity contribution in [1.29, 1.82) is 0 Å². The third kappa shape index (κ3) is 3.25. The Morgan fingerprint density at radius 2 is 2.35 bits per heavy atom. The minimum absolute atomic E-state index is 0.293. The molecule has 0 unspecified atom stereocenters. The highest BCUT2D eigenvalue weighted by atomic mass is 35.5. The Morgan fingerprint density at radius 3 is 3.00 bits per heavy atom. The molecule has 0 saturated heterocycles. The number of rotatable bonds is 7. The Hall–Kier alpha value is -0.960. The molecule has 2 rings (SSSR count). The highest BCUT2D eigenvalue weighted by Crippen LogP contribution is 2.46. The fourth-order valence-electron chi connectivity index (χ4n) is 1.66. The summed E-state index contributed by atoms with van der Waals surface area (Å²) in [5.41, 5.74) is 0.293. The van der Waals surface area contributed by atoms with Gasteiger partial charge in [-0.3, -0.25) is 0 Å². The lowest BCUT2D eigenvalue weighted by atomic mass is 10.1. The van der Waals surface area contributed by atoms with Crippen LogP contribution in [0, 0.1) is 5.41 Å². The summed E-state index contributed by atoms with van der Waals surface area (Å²) in [6, 6.07) is 3.84. The molecule has 1 fully saturated rings. The van der Waals surface area contributed by atoms with E-state index in [0.29, 0.717) is 5.41 Å². The molecule has 1 aromatic rings. The third-order valence-corrected chi connectivity index (χ3v) is 3.67. The first-order valence-corrected chi connectivity index (χ1v) is 6.71. The number of aromatic nitrogens is 1. The average Bonchev–Trinajstić information content (AvgIpc) is 3.15. The first-order valence-electron chi connectivity index (χ1n) is 6.17. The topological polar surface area (TPSA) is 34.1 Å².